The molecule has 0 amide bonds. The Hall–Kier alpha value is -2.00. The second-order valence-corrected chi connectivity index (χ2v) is 4.80. The Labute approximate surface area is 102 Å². The van der Waals surface area contributed by atoms with Crippen LogP contribution in [-0.2, 0) is 14.8 Å². The maximum atomic E-state index is 11.6. The zero-order valence-corrected chi connectivity index (χ0v) is 10.2. The second-order valence-electron chi connectivity index (χ2n) is 3.32. The first-order chi connectivity index (χ1) is 8.45. The fraction of sp³-hybridized carbons (Fsp3) is 0.222. The summed E-state index contributed by atoms with van der Waals surface area (Å²) in [6.45, 7) is 1.70. The molecular weight excluding hydrogens is 260 g/mol. The number of fused-ring (bicyclic) bond motifs is 1. The van der Waals surface area contributed by atoms with Gasteiger partial charge in [-0.3, -0.25) is 0 Å². The molecule has 0 radical (unpaired) electrons. The Morgan fingerprint density at radius 3 is 2.89 bits per heavy atom. The Morgan fingerprint density at radius 1 is 1.56 bits per heavy atom. The van der Waals surface area contributed by atoms with Crippen molar-refractivity contribution in [2.45, 2.75) is 11.9 Å². The minimum absolute atomic E-state index is 0.101. The van der Waals surface area contributed by atoms with Gasteiger partial charge in [0.05, 0.1) is 6.61 Å². The molecule has 0 atom stereocenters. The molecule has 2 rings (SSSR count). The molecule has 96 valence electrons. The topological polar surface area (TPSA) is 117 Å². The molecule has 8 nitrogen and oxygen atoms in total. The third-order valence-electron chi connectivity index (χ3n) is 2.09. The summed E-state index contributed by atoms with van der Waals surface area (Å²) in [6, 6.07) is 3.06. The first-order valence-electron chi connectivity index (χ1n) is 4.99. The molecule has 9 heteroatoms. The molecule has 0 aromatic carbocycles. The van der Waals surface area contributed by atoms with E-state index >= 15 is 0 Å². The lowest BCUT2D eigenvalue weighted by molar-refractivity contribution is 0.0515. The first kappa shape index (κ1) is 12.5. The average molecular weight is 270 g/mol. The highest BCUT2D eigenvalue weighted by atomic mass is 32.2. The molecule has 0 saturated carbocycles. The van der Waals surface area contributed by atoms with Crippen LogP contribution in [0.15, 0.2) is 23.4 Å². The van der Waals surface area contributed by atoms with Crippen molar-refractivity contribution in [1.29, 1.82) is 0 Å². The fourth-order valence-electron chi connectivity index (χ4n) is 1.46. The largest absolute Gasteiger partial charge is 0.461 e. The first-order valence-corrected chi connectivity index (χ1v) is 6.53. The van der Waals surface area contributed by atoms with Gasteiger partial charge in [0.2, 0.25) is 5.03 Å². The van der Waals surface area contributed by atoms with E-state index in [4.69, 9.17) is 9.88 Å². The molecule has 0 aliphatic rings. The number of primary sulfonamides is 1. The second kappa shape index (κ2) is 4.35. The minimum atomic E-state index is -4.14. The number of carbonyl (C=O) groups is 1. The molecule has 2 heterocycles. The van der Waals surface area contributed by atoms with Crippen molar-refractivity contribution in [3.63, 3.8) is 0 Å². The van der Waals surface area contributed by atoms with Gasteiger partial charge >= 0.3 is 5.97 Å². The number of imidazole rings is 1. The average Bonchev–Trinajstić information content (AvgIpc) is 2.68. The Balaban J connectivity index is 2.77. The zero-order chi connectivity index (χ0) is 13.3. The van der Waals surface area contributed by atoms with Crippen molar-refractivity contribution < 1.29 is 17.9 Å². The van der Waals surface area contributed by atoms with Gasteiger partial charge in [0.25, 0.3) is 10.0 Å². The highest BCUT2D eigenvalue weighted by Crippen LogP contribution is 2.16. The van der Waals surface area contributed by atoms with Crippen LogP contribution >= 0.6 is 0 Å². The van der Waals surface area contributed by atoms with E-state index in [2.05, 4.69) is 10.1 Å². The number of hydrogen-bond donors (Lipinski definition) is 1. The monoisotopic (exact) mass is 270 g/mol. The number of rotatable bonds is 3. The van der Waals surface area contributed by atoms with Gasteiger partial charge in [-0.1, -0.05) is 0 Å². The van der Waals surface area contributed by atoms with E-state index in [0.29, 0.717) is 0 Å². The molecule has 0 bridgehead atoms. The minimum Gasteiger partial charge on any atom is -0.461 e. The van der Waals surface area contributed by atoms with Crippen LogP contribution in [0.2, 0.25) is 0 Å². The molecule has 0 saturated heterocycles. The Morgan fingerprint density at radius 2 is 2.28 bits per heavy atom. The van der Waals surface area contributed by atoms with E-state index in [1.165, 1.54) is 12.3 Å². The van der Waals surface area contributed by atoms with Gasteiger partial charge in [-0.05, 0) is 19.1 Å². The van der Waals surface area contributed by atoms with Gasteiger partial charge in [0, 0.05) is 6.20 Å². The van der Waals surface area contributed by atoms with Crippen LogP contribution < -0.4 is 5.14 Å². The van der Waals surface area contributed by atoms with Gasteiger partial charge in [-0.2, -0.15) is 9.61 Å². The smallest absolute Gasteiger partial charge is 0.360 e. The van der Waals surface area contributed by atoms with Crippen LogP contribution in [0.5, 0.6) is 0 Å². The van der Waals surface area contributed by atoms with Gasteiger partial charge < -0.3 is 4.74 Å². The van der Waals surface area contributed by atoms with Crippen LogP contribution in [0.3, 0.4) is 0 Å². The molecule has 0 spiro atoms. The summed E-state index contributed by atoms with van der Waals surface area (Å²) >= 11 is 0. The highest BCUT2D eigenvalue weighted by Gasteiger charge is 2.28. The molecule has 0 fully saturated rings. The number of sulfonamides is 1. The summed E-state index contributed by atoms with van der Waals surface area (Å²) in [5.74, 6) is -0.855. The number of esters is 1. The lowest BCUT2D eigenvalue weighted by Gasteiger charge is -2.01. The molecule has 18 heavy (non-hydrogen) atoms. The summed E-state index contributed by atoms with van der Waals surface area (Å²) in [6.07, 6.45) is 1.36. The number of aromatic nitrogens is 3. The van der Waals surface area contributed by atoms with E-state index in [1.54, 1.807) is 13.0 Å². The molecule has 2 N–H and O–H groups in total. The van der Waals surface area contributed by atoms with E-state index in [0.717, 1.165) is 4.52 Å². The lowest BCUT2D eigenvalue weighted by Crippen LogP contribution is -2.20. The van der Waals surface area contributed by atoms with Crippen LogP contribution in [0.1, 0.15) is 17.4 Å². The van der Waals surface area contributed by atoms with E-state index < -0.39 is 21.0 Å². The summed E-state index contributed by atoms with van der Waals surface area (Å²) in [7, 11) is -4.14. The normalized spacial score (nSPS) is 11.7. The van der Waals surface area contributed by atoms with Crippen molar-refractivity contribution in [1.82, 2.24) is 14.6 Å². The standard InChI is InChI=1S/C9H10N4O4S/c1-2-17-9(14)7-8(18(10,15)16)13-6(12-7)4-3-5-11-13/h3-5H,2H2,1H3,(H2,10,15,16). The number of hydrogen-bond acceptors (Lipinski definition) is 6. The molecule has 0 unspecified atom stereocenters. The quantitative estimate of drug-likeness (QED) is 0.755. The zero-order valence-electron chi connectivity index (χ0n) is 9.40. The number of nitrogens with two attached hydrogens (primary N) is 1. The molecule has 2 aromatic heterocycles. The van der Waals surface area contributed by atoms with Crippen LogP contribution in [0.4, 0.5) is 0 Å². The van der Waals surface area contributed by atoms with Crippen molar-refractivity contribution in [3.05, 3.63) is 24.0 Å². The summed E-state index contributed by atoms with van der Waals surface area (Å²) in [5, 5.41) is 8.39. The fourth-order valence-corrected chi connectivity index (χ4v) is 2.24. The van der Waals surface area contributed by atoms with Gasteiger partial charge in [0.1, 0.15) is 0 Å². The van der Waals surface area contributed by atoms with Gasteiger partial charge in [-0.25, -0.2) is 23.3 Å². The third kappa shape index (κ3) is 2.05. The van der Waals surface area contributed by atoms with E-state index in [-0.39, 0.29) is 17.9 Å². The predicted molar refractivity (Wildman–Crippen MR) is 60.3 cm³/mol. The summed E-state index contributed by atoms with van der Waals surface area (Å²) in [5.41, 5.74) is -0.164. The molecular formula is C9H10N4O4S. The van der Waals surface area contributed by atoms with Crippen LogP contribution in [0.25, 0.3) is 5.65 Å². The Bertz CT molecular complexity index is 706. The van der Waals surface area contributed by atoms with Crippen LogP contribution in [-0.4, -0.2) is 35.6 Å². The van der Waals surface area contributed by atoms with Crippen molar-refractivity contribution in [2.24, 2.45) is 5.14 Å². The van der Waals surface area contributed by atoms with Gasteiger partial charge in [0.15, 0.2) is 11.3 Å². The Kier molecular flexibility index (Phi) is 3.01. The predicted octanol–water partition coefficient (Wildman–Crippen LogP) is -0.447. The number of ether oxygens (including phenoxy) is 1. The van der Waals surface area contributed by atoms with Crippen molar-refractivity contribution >= 4 is 21.6 Å². The van der Waals surface area contributed by atoms with Crippen molar-refractivity contribution in [3.8, 4) is 0 Å². The van der Waals surface area contributed by atoms with Crippen molar-refractivity contribution in [2.75, 3.05) is 6.61 Å². The van der Waals surface area contributed by atoms with E-state index in [1.807, 2.05) is 0 Å². The maximum Gasteiger partial charge on any atom is 0.360 e. The highest BCUT2D eigenvalue weighted by molar-refractivity contribution is 7.89. The third-order valence-corrected chi connectivity index (χ3v) is 3.00. The SMILES string of the molecule is CCOC(=O)c1nc2cccnn2c1S(N)(=O)=O. The summed E-state index contributed by atoms with van der Waals surface area (Å²) in [4.78, 5) is 15.5. The molecule has 0 aliphatic carbocycles. The summed E-state index contributed by atoms with van der Waals surface area (Å²) < 4.78 is 28.7. The molecule has 2 aromatic rings. The van der Waals surface area contributed by atoms with E-state index in [9.17, 15) is 13.2 Å². The number of carbonyl (C=O) groups excluding carboxylic acids is 1. The lowest BCUT2D eigenvalue weighted by atomic mass is 10.5. The maximum absolute atomic E-state index is 11.6. The number of nitrogens with zero attached hydrogens (tertiary/aromatic N) is 3. The van der Waals surface area contributed by atoms with Gasteiger partial charge in [-0.15, -0.1) is 0 Å². The van der Waals surface area contributed by atoms with Crippen LogP contribution in [0, 0.1) is 0 Å². The molecule has 0 aliphatic heterocycles.